The predicted octanol–water partition coefficient (Wildman–Crippen LogP) is 1.75. The van der Waals surface area contributed by atoms with Gasteiger partial charge < -0.3 is 0 Å². The highest BCUT2D eigenvalue weighted by atomic mass is 19.4. The molecule has 0 fully saturated rings. The number of nitrogens with zero attached hydrogens (tertiary/aromatic N) is 2. The molecule has 0 amide bonds. The van der Waals surface area contributed by atoms with Gasteiger partial charge in [-0.1, -0.05) is 25.6 Å². The third-order valence-corrected chi connectivity index (χ3v) is 0.609. The Morgan fingerprint density at radius 3 is 2.12 bits per heavy atom. The Labute approximate surface area is 44.4 Å². The fraction of sp³-hybridized carbons (Fsp3) is 0.667. The summed E-state index contributed by atoms with van der Waals surface area (Å²) in [6.45, 7) is 1.38. The van der Waals surface area contributed by atoms with Crippen molar-refractivity contribution in [3.8, 4) is 0 Å². The van der Waals surface area contributed by atoms with Gasteiger partial charge in [0.2, 0.25) is 5.84 Å². The molecule has 0 N–H and O–H groups in total. The lowest BCUT2D eigenvalue weighted by molar-refractivity contribution is -0.0773. The Hall–Kier alpha value is -0.740. The quantitative estimate of drug-likeness (QED) is 0.297. The van der Waals surface area contributed by atoms with Crippen LogP contribution in [0.3, 0.4) is 0 Å². The van der Waals surface area contributed by atoms with Gasteiger partial charge in [-0.3, -0.25) is 0 Å². The maximum Gasteiger partial charge on any atom is 0.202 e. The van der Waals surface area contributed by atoms with Crippen LogP contribution < -0.4 is 0 Å². The van der Waals surface area contributed by atoms with E-state index in [0.29, 0.717) is 0 Å². The molecule has 0 atom stereocenters. The highest BCUT2D eigenvalue weighted by molar-refractivity contribution is 5.79. The minimum absolute atomic E-state index is 0.108. The summed E-state index contributed by atoms with van der Waals surface area (Å²) in [5, 5.41) is 0.451. The van der Waals surface area contributed by atoms with E-state index >= 15 is 0 Å². The van der Waals surface area contributed by atoms with E-state index in [1.165, 1.54) is 6.92 Å². The van der Waals surface area contributed by atoms with Crippen LogP contribution in [0.15, 0.2) is 5.21 Å². The van der Waals surface area contributed by atoms with Gasteiger partial charge in [-0.25, -0.2) is 0 Å². The highest BCUT2D eigenvalue weighted by Gasteiger charge is 2.05. The largest absolute Gasteiger partial charge is 0.202 e. The first-order valence-electron chi connectivity index (χ1n) is 2.01. The minimum atomic E-state index is -1.35. The summed E-state index contributed by atoms with van der Waals surface area (Å²) < 4.78 is 33.3. The van der Waals surface area contributed by atoms with E-state index in [2.05, 4.69) is 0 Å². The average Bonchev–Trinajstić information content (AvgIpc) is 1.69. The molecule has 0 unspecified atom stereocenters. The van der Waals surface area contributed by atoms with Crippen LogP contribution in [0, 0.1) is 0 Å². The molecule has 0 aliphatic carbocycles. The second-order valence-corrected chi connectivity index (χ2v) is 1.09. The van der Waals surface area contributed by atoms with Gasteiger partial charge in [0, 0.05) is 6.42 Å². The lowest BCUT2D eigenvalue weighted by Gasteiger charge is -1.97. The molecule has 0 saturated heterocycles. The zero-order valence-corrected chi connectivity index (χ0v) is 4.24. The smallest absolute Gasteiger partial charge is 0.0735 e. The topological polar surface area (TPSA) is 15.6 Å². The molecule has 0 aliphatic heterocycles. The molecule has 0 heterocycles. The lowest BCUT2D eigenvalue weighted by atomic mass is 10.5. The first kappa shape index (κ1) is 7.26. The van der Waals surface area contributed by atoms with Crippen molar-refractivity contribution in [1.82, 2.24) is 5.34 Å². The lowest BCUT2D eigenvalue weighted by Crippen LogP contribution is -2.10. The van der Waals surface area contributed by atoms with E-state index in [9.17, 15) is 13.4 Å². The Bertz CT molecular complexity index is 90.5. The third-order valence-electron chi connectivity index (χ3n) is 0.609. The molecule has 0 bridgehead atoms. The Morgan fingerprint density at radius 1 is 1.62 bits per heavy atom. The summed E-state index contributed by atoms with van der Waals surface area (Å²) in [6.07, 6.45) is -0.108. The van der Waals surface area contributed by atoms with E-state index < -0.39 is 11.2 Å². The van der Waals surface area contributed by atoms with Gasteiger partial charge in [0.05, 0.1) is 0 Å². The molecule has 0 aromatic rings. The van der Waals surface area contributed by atoms with Crippen LogP contribution >= 0.6 is 0 Å². The molecule has 0 rings (SSSR count). The van der Waals surface area contributed by atoms with E-state index in [1.807, 2.05) is 0 Å². The second-order valence-electron chi connectivity index (χ2n) is 1.09. The van der Waals surface area contributed by atoms with Crippen LogP contribution in [0.5, 0.6) is 0 Å². The number of hydrogen-bond acceptors (Lipinski definition) is 1. The van der Waals surface area contributed by atoms with Gasteiger partial charge in [0.15, 0.2) is 0 Å². The van der Waals surface area contributed by atoms with Crippen molar-refractivity contribution in [2.75, 3.05) is 0 Å². The summed E-state index contributed by atoms with van der Waals surface area (Å²) >= 11 is 0. The Kier molecular flexibility index (Phi) is 2.98. The Balaban J connectivity index is 3.72. The molecule has 5 heteroatoms. The number of hydrogen-bond donors (Lipinski definition) is 0. The van der Waals surface area contributed by atoms with Gasteiger partial charge >= 0.3 is 0 Å². The van der Waals surface area contributed by atoms with Crippen LogP contribution in [-0.2, 0) is 0 Å². The maximum atomic E-state index is 11.2. The first-order chi connectivity index (χ1) is 3.72. The molecule has 0 aromatic heterocycles. The van der Waals surface area contributed by atoms with Crippen LogP contribution in [0.25, 0.3) is 0 Å². The van der Waals surface area contributed by atoms with Gasteiger partial charge in [-0.05, 0) is 5.34 Å². The summed E-state index contributed by atoms with van der Waals surface area (Å²) in [6, 6.07) is 0. The molecule has 0 spiro atoms. The molecular formula is C3H5F3N2. The van der Waals surface area contributed by atoms with E-state index in [4.69, 9.17) is 0 Å². The van der Waals surface area contributed by atoms with Crippen molar-refractivity contribution < 1.29 is 13.4 Å². The van der Waals surface area contributed by atoms with Crippen molar-refractivity contribution in [1.29, 1.82) is 0 Å². The number of halogens is 3. The van der Waals surface area contributed by atoms with E-state index in [0.717, 1.165) is 0 Å². The van der Waals surface area contributed by atoms with Crippen molar-refractivity contribution in [3.05, 3.63) is 0 Å². The fourth-order valence-corrected chi connectivity index (χ4v) is 0.208. The Morgan fingerprint density at radius 2 is 2.12 bits per heavy atom. The predicted molar refractivity (Wildman–Crippen MR) is 22.9 cm³/mol. The van der Waals surface area contributed by atoms with Crippen molar-refractivity contribution in [2.24, 2.45) is 5.21 Å². The van der Waals surface area contributed by atoms with Crippen molar-refractivity contribution >= 4 is 5.84 Å². The van der Waals surface area contributed by atoms with Gasteiger partial charge in [0.1, 0.15) is 0 Å². The van der Waals surface area contributed by atoms with Crippen LogP contribution in [-0.4, -0.2) is 11.2 Å². The molecule has 8 heavy (non-hydrogen) atoms. The van der Waals surface area contributed by atoms with E-state index in [-0.39, 0.29) is 6.42 Å². The molecule has 0 radical (unpaired) electrons. The molecule has 48 valence electrons. The molecule has 2 nitrogen and oxygen atoms in total. The van der Waals surface area contributed by atoms with Gasteiger partial charge in [-0.15, -0.1) is 0 Å². The van der Waals surface area contributed by atoms with Crippen LogP contribution in [0.2, 0.25) is 0 Å². The van der Waals surface area contributed by atoms with Crippen molar-refractivity contribution in [3.63, 3.8) is 0 Å². The number of rotatable bonds is 1. The summed E-state index contributed by atoms with van der Waals surface area (Å²) in [5.41, 5.74) is 0. The molecule has 0 aliphatic rings. The third kappa shape index (κ3) is 1.81. The minimum Gasteiger partial charge on any atom is -0.0735 e. The first-order valence-corrected chi connectivity index (χ1v) is 2.01. The standard InChI is InChI=1S/C3H5F3N2/c1-2-3(7-4)8(5)6/h2H2,1H3/b7-3+. The zero-order valence-electron chi connectivity index (χ0n) is 4.24. The zero-order chi connectivity index (χ0) is 6.57. The highest BCUT2D eigenvalue weighted by Crippen LogP contribution is 1.97. The summed E-state index contributed by atoms with van der Waals surface area (Å²) in [7, 11) is 0. The van der Waals surface area contributed by atoms with E-state index in [1.54, 1.807) is 5.21 Å². The maximum absolute atomic E-state index is 11.2. The average molecular weight is 126 g/mol. The summed E-state index contributed by atoms with van der Waals surface area (Å²) in [5.74, 6) is -0.856. The van der Waals surface area contributed by atoms with Crippen LogP contribution in [0.4, 0.5) is 13.4 Å². The monoisotopic (exact) mass is 126 g/mol. The van der Waals surface area contributed by atoms with Crippen molar-refractivity contribution in [2.45, 2.75) is 13.3 Å². The van der Waals surface area contributed by atoms with Gasteiger partial charge in [-0.2, -0.15) is 0 Å². The molecule has 0 aromatic carbocycles. The normalized spacial score (nSPS) is 11.8. The molecule has 0 saturated carbocycles. The SMILES string of the molecule is CC/C(=N\F)N(F)F. The van der Waals surface area contributed by atoms with Crippen LogP contribution in [0.1, 0.15) is 13.3 Å². The second kappa shape index (κ2) is 3.29. The fourth-order valence-electron chi connectivity index (χ4n) is 0.208. The molecular weight excluding hydrogens is 121 g/mol. The summed E-state index contributed by atoms with van der Waals surface area (Å²) in [4.78, 5) is 0. The number of amidine groups is 1. The van der Waals surface area contributed by atoms with Gasteiger partial charge in [0.25, 0.3) is 0 Å².